The van der Waals surface area contributed by atoms with Gasteiger partial charge < -0.3 is 15.6 Å². The molecule has 0 atom stereocenters. The fraction of sp³-hybridized carbons (Fsp3) is 0.200. The highest BCUT2D eigenvalue weighted by Gasteiger charge is 2.21. The van der Waals surface area contributed by atoms with Gasteiger partial charge in [-0.15, -0.1) is 10.2 Å². The Balaban J connectivity index is 0.000000163. The minimum atomic E-state index is -0.386. The number of benzene rings is 2. The molecule has 1 aliphatic heterocycles. The van der Waals surface area contributed by atoms with Crippen molar-refractivity contribution in [2.75, 3.05) is 18.9 Å². The maximum atomic E-state index is 11.4. The number of hydrogen-bond acceptors (Lipinski definition) is 9. The Morgan fingerprint density at radius 2 is 2.00 bits per heavy atom. The van der Waals surface area contributed by atoms with E-state index in [4.69, 9.17) is 32.2 Å². The van der Waals surface area contributed by atoms with Crippen LogP contribution in [0.3, 0.4) is 0 Å². The quantitative estimate of drug-likeness (QED) is 0.290. The molecule has 4 N–H and O–H groups in total. The largest absolute Gasteiger partial charge is 0.394 e. The SMILES string of the molecule is Cc1nnc2n1-c1ccc(Cl)cc1C(c1ccccc1)=NC2.Nc1nc2c(ncn2COCCO)c(=O)[nH]1. The molecule has 0 radical (unpaired) electrons. The fourth-order valence-electron chi connectivity index (χ4n) is 4.09. The number of aryl methyl sites for hydroxylation is 1. The number of H-pyrrole nitrogens is 1. The van der Waals surface area contributed by atoms with Crippen LogP contribution >= 0.6 is 11.6 Å². The molecule has 0 unspecified atom stereocenters. The molecular formula is C25H24ClN9O3. The average Bonchev–Trinajstić information content (AvgIpc) is 3.44. The summed E-state index contributed by atoms with van der Waals surface area (Å²) in [5.74, 6) is 1.72. The van der Waals surface area contributed by atoms with E-state index in [1.165, 1.54) is 10.9 Å². The molecule has 2 aromatic carbocycles. The summed E-state index contributed by atoms with van der Waals surface area (Å²) >= 11 is 6.23. The number of imidazole rings is 1. The van der Waals surface area contributed by atoms with Crippen LogP contribution in [0.2, 0.25) is 5.02 Å². The predicted octanol–water partition coefficient (Wildman–Crippen LogP) is 2.25. The van der Waals surface area contributed by atoms with Crippen LogP contribution in [0.4, 0.5) is 5.95 Å². The summed E-state index contributed by atoms with van der Waals surface area (Å²) in [6.45, 7) is 2.74. The van der Waals surface area contributed by atoms with Gasteiger partial charge in [0.2, 0.25) is 5.95 Å². The molecule has 0 saturated carbocycles. The first-order chi connectivity index (χ1) is 18.5. The van der Waals surface area contributed by atoms with Crippen LogP contribution in [0.15, 0.2) is 64.6 Å². The summed E-state index contributed by atoms with van der Waals surface area (Å²) in [5, 5.41) is 17.7. The number of fused-ring (bicyclic) bond motifs is 4. The lowest BCUT2D eigenvalue weighted by atomic mass is 10.0. The number of nitrogens with one attached hydrogen (secondary N) is 1. The zero-order valence-electron chi connectivity index (χ0n) is 20.4. The van der Waals surface area contributed by atoms with E-state index in [2.05, 4.69) is 37.3 Å². The Morgan fingerprint density at radius 3 is 2.79 bits per heavy atom. The number of rotatable bonds is 5. The number of aliphatic hydroxyl groups excluding tert-OH is 1. The Kier molecular flexibility index (Phi) is 7.26. The number of nitrogens with two attached hydrogens (primary N) is 1. The van der Waals surface area contributed by atoms with Gasteiger partial charge in [-0.05, 0) is 25.1 Å². The zero-order valence-corrected chi connectivity index (χ0v) is 21.1. The molecule has 0 spiro atoms. The molecule has 0 aliphatic carbocycles. The third kappa shape index (κ3) is 5.05. The van der Waals surface area contributed by atoms with Gasteiger partial charge in [-0.2, -0.15) is 4.98 Å². The molecule has 194 valence electrons. The van der Waals surface area contributed by atoms with E-state index < -0.39 is 0 Å². The fourth-order valence-corrected chi connectivity index (χ4v) is 4.26. The van der Waals surface area contributed by atoms with Gasteiger partial charge in [0.1, 0.15) is 19.1 Å². The van der Waals surface area contributed by atoms with Crippen molar-refractivity contribution in [3.8, 4) is 5.69 Å². The normalized spacial score (nSPS) is 12.2. The lowest BCUT2D eigenvalue weighted by molar-refractivity contribution is 0.0499. The second-order valence-electron chi connectivity index (χ2n) is 8.29. The Morgan fingerprint density at radius 1 is 1.18 bits per heavy atom. The highest BCUT2D eigenvalue weighted by molar-refractivity contribution is 6.31. The molecule has 5 aromatic rings. The lowest BCUT2D eigenvalue weighted by Crippen LogP contribution is -2.13. The van der Waals surface area contributed by atoms with Crippen molar-refractivity contribution in [2.45, 2.75) is 20.2 Å². The van der Waals surface area contributed by atoms with Gasteiger partial charge in [-0.25, -0.2) is 4.98 Å². The molecule has 13 heteroatoms. The van der Waals surface area contributed by atoms with Crippen molar-refractivity contribution in [1.82, 2.24) is 34.3 Å². The molecule has 3 aromatic heterocycles. The highest BCUT2D eigenvalue weighted by atomic mass is 35.5. The van der Waals surface area contributed by atoms with Crippen molar-refractivity contribution in [3.05, 3.63) is 93.0 Å². The number of hydrogen-bond donors (Lipinski definition) is 3. The molecule has 38 heavy (non-hydrogen) atoms. The summed E-state index contributed by atoms with van der Waals surface area (Å²) < 4.78 is 8.68. The molecule has 0 bridgehead atoms. The van der Waals surface area contributed by atoms with Crippen molar-refractivity contribution in [1.29, 1.82) is 0 Å². The molecule has 0 saturated heterocycles. The van der Waals surface area contributed by atoms with Crippen LogP contribution in [0.5, 0.6) is 0 Å². The second-order valence-corrected chi connectivity index (χ2v) is 8.73. The van der Waals surface area contributed by atoms with E-state index in [9.17, 15) is 4.79 Å². The highest BCUT2D eigenvalue weighted by Crippen LogP contribution is 2.28. The van der Waals surface area contributed by atoms with E-state index in [1.807, 2.05) is 47.9 Å². The second kappa shape index (κ2) is 10.9. The van der Waals surface area contributed by atoms with Gasteiger partial charge in [0.05, 0.1) is 30.9 Å². The van der Waals surface area contributed by atoms with Crippen LogP contribution in [-0.2, 0) is 18.0 Å². The Bertz CT molecular complexity index is 1670. The van der Waals surface area contributed by atoms with Gasteiger partial charge in [0.25, 0.3) is 5.56 Å². The summed E-state index contributed by atoms with van der Waals surface area (Å²) in [6.07, 6.45) is 1.43. The summed E-state index contributed by atoms with van der Waals surface area (Å²) in [7, 11) is 0. The van der Waals surface area contributed by atoms with Gasteiger partial charge in [0.15, 0.2) is 17.0 Å². The third-order valence-corrected chi connectivity index (χ3v) is 5.97. The molecule has 12 nitrogen and oxygen atoms in total. The van der Waals surface area contributed by atoms with Crippen molar-refractivity contribution < 1.29 is 9.84 Å². The van der Waals surface area contributed by atoms with Gasteiger partial charge in [0, 0.05) is 16.1 Å². The number of nitrogens with zero attached hydrogens (tertiary/aromatic N) is 7. The van der Waals surface area contributed by atoms with E-state index in [-0.39, 0.29) is 37.0 Å². The zero-order chi connectivity index (χ0) is 26.6. The monoisotopic (exact) mass is 533 g/mol. The molecule has 0 fully saturated rings. The van der Waals surface area contributed by atoms with Gasteiger partial charge in [-0.1, -0.05) is 41.9 Å². The van der Waals surface area contributed by atoms with E-state index in [0.717, 1.165) is 34.2 Å². The number of aliphatic imine (C=N–C) groups is 1. The number of aromatic amines is 1. The average molecular weight is 534 g/mol. The van der Waals surface area contributed by atoms with Crippen LogP contribution < -0.4 is 11.3 Å². The Labute approximate surface area is 221 Å². The smallest absolute Gasteiger partial charge is 0.280 e. The molecular weight excluding hydrogens is 510 g/mol. The molecule has 4 heterocycles. The number of nitrogen functional groups attached to an aromatic ring is 1. The minimum absolute atomic E-state index is 0.0291. The third-order valence-electron chi connectivity index (χ3n) is 5.73. The van der Waals surface area contributed by atoms with Gasteiger partial charge >= 0.3 is 0 Å². The van der Waals surface area contributed by atoms with E-state index in [1.54, 1.807) is 0 Å². The molecule has 1 aliphatic rings. The minimum Gasteiger partial charge on any atom is -0.394 e. The number of anilines is 1. The van der Waals surface area contributed by atoms with Crippen molar-refractivity contribution >= 4 is 34.4 Å². The van der Waals surface area contributed by atoms with Crippen molar-refractivity contribution in [2.24, 2.45) is 4.99 Å². The number of ether oxygens (including phenoxy) is 1. The maximum Gasteiger partial charge on any atom is 0.280 e. The van der Waals surface area contributed by atoms with Crippen LogP contribution in [0, 0.1) is 6.92 Å². The predicted molar refractivity (Wildman–Crippen MR) is 142 cm³/mol. The standard InChI is InChI=1S/C17H13ClN4.C8H11N5O3/c1-11-20-21-16-10-19-17(12-5-3-2-4-6-12)14-9-13(18)7-8-15(14)22(11)16;9-8-11-6-5(7(15)12-8)10-3-13(6)4-16-2-1-14/h2-9H,10H2,1H3;3,14H,1-2,4H2,(H3,9,11,12,15). The summed E-state index contributed by atoms with van der Waals surface area (Å²) in [6, 6.07) is 16.0. The van der Waals surface area contributed by atoms with Gasteiger partial charge in [-0.3, -0.25) is 23.9 Å². The van der Waals surface area contributed by atoms with Crippen molar-refractivity contribution in [3.63, 3.8) is 0 Å². The Hall–Kier alpha value is -4.39. The first-order valence-corrected chi connectivity index (χ1v) is 12.0. The number of halogens is 1. The lowest BCUT2D eigenvalue weighted by Gasteiger charge is -2.12. The van der Waals surface area contributed by atoms with Crippen LogP contribution in [0.25, 0.3) is 16.9 Å². The topological polar surface area (TPSA) is 162 Å². The maximum absolute atomic E-state index is 11.4. The first kappa shape index (κ1) is 25.3. The number of aromatic nitrogens is 7. The first-order valence-electron chi connectivity index (χ1n) is 11.7. The summed E-state index contributed by atoms with van der Waals surface area (Å²) in [5.41, 5.74) is 9.62. The number of aliphatic hydroxyl groups is 1. The summed E-state index contributed by atoms with van der Waals surface area (Å²) in [4.78, 5) is 26.4. The van der Waals surface area contributed by atoms with E-state index >= 15 is 0 Å². The molecule has 0 amide bonds. The van der Waals surface area contributed by atoms with Crippen LogP contribution in [0.1, 0.15) is 22.8 Å². The van der Waals surface area contributed by atoms with E-state index in [0.29, 0.717) is 17.2 Å². The van der Waals surface area contributed by atoms with Crippen LogP contribution in [-0.4, -0.2) is 58.3 Å². The molecule has 6 rings (SSSR count).